The van der Waals surface area contributed by atoms with Gasteiger partial charge in [-0.3, -0.25) is 9.59 Å². The van der Waals surface area contributed by atoms with E-state index in [9.17, 15) is 19.2 Å². The number of nitrogens with one attached hydrogen (secondary N) is 1. The summed E-state index contributed by atoms with van der Waals surface area (Å²) in [5, 5.41) is 2.72. The van der Waals surface area contributed by atoms with E-state index < -0.39 is 6.09 Å². The van der Waals surface area contributed by atoms with Crippen LogP contribution in [0.25, 0.3) is 0 Å². The van der Waals surface area contributed by atoms with Crippen molar-refractivity contribution in [2.75, 3.05) is 78.2 Å². The Labute approximate surface area is 331 Å². The molecule has 0 spiro atoms. The topological polar surface area (TPSA) is 124 Å². The second-order valence-electron chi connectivity index (χ2n) is 13.9. The zero-order valence-electron chi connectivity index (χ0n) is 34.1. The normalized spacial score (nSPS) is 11.0. The number of likely N-dealkylation sites (N-methyl/N-ethyl adjacent to an activating group) is 1. The number of alkyl carbamates (subject to hydrolysis) is 1. The van der Waals surface area contributed by atoms with Gasteiger partial charge in [-0.1, -0.05) is 112 Å². The van der Waals surface area contributed by atoms with Gasteiger partial charge < -0.3 is 34.1 Å². The number of ether oxygens (including phenoxy) is 4. The molecule has 0 radical (unpaired) electrons. The molecule has 0 aliphatic carbocycles. The molecule has 11 nitrogen and oxygen atoms in total. The molecule has 0 fully saturated rings. The summed E-state index contributed by atoms with van der Waals surface area (Å²) in [5.74, 6) is 1.12. The van der Waals surface area contributed by atoms with Crippen LogP contribution in [0.5, 0.6) is 0 Å². The van der Waals surface area contributed by atoms with Crippen LogP contribution < -0.4 is 5.32 Å². The zero-order valence-corrected chi connectivity index (χ0v) is 35.7. The maximum atomic E-state index is 13.0. The lowest BCUT2D eigenvalue weighted by Crippen LogP contribution is -2.34. The van der Waals surface area contributed by atoms with Crippen LogP contribution >= 0.6 is 21.6 Å². The molecule has 312 valence electrons. The Morgan fingerprint density at radius 1 is 0.491 bits per heavy atom. The van der Waals surface area contributed by atoms with Gasteiger partial charge in [0, 0.05) is 50.5 Å². The van der Waals surface area contributed by atoms with Crippen LogP contribution in [0.3, 0.4) is 0 Å². The first-order valence-electron chi connectivity index (χ1n) is 20.8. The maximum absolute atomic E-state index is 13.0. The number of unbranched alkanes of at least 4 members (excludes halogenated alkanes) is 16. The number of carbonyl (C=O) groups is 4. The van der Waals surface area contributed by atoms with Crippen molar-refractivity contribution in [2.24, 2.45) is 0 Å². The number of nitrogens with zero attached hydrogens (tertiary/aromatic N) is 2. The van der Waals surface area contributed by atoms with Crippen LogP contribution in [0.4, 0.5) is 9.59 Å². The van der Waals surface area contributed by atoms with Crippen LogP contribution in [0.1, 0.15) is 155 Å². The first-order valence-corrected chi connectivity index (χ1v) is 23.3. The molecule has 0 atom stereocenters. The van der Waals surface area contributed by atoms with Gasteiger partial charge in [-0.25, -0.2) is 9.59 Å². The van der Waals surface area contributed by atoms with Gasteiger partial charge in [0.05, 0.1) is 13.2 Å². The Kier molecular flexibility index (Phi) is 38.4. The van der Waals surface area contributed by atoms with Crippen molar-refractivity contribution in [1.82, 2.24) is 15.1 Å². The number of amides is 2. The summed E-state index contributed by atoms with van der Waals surface area (Å²) in [6, 6.07) is 0. The molecule has 0 unspecified atom stereocenters. The van der Waals surface area contributed by atoms with Crippen LogP contribution in [-0.2, 0) is 28.5 Å². The number of esters is 2. The molecule has 0 saturated carbocycles. The summed E-state index contributed by atoms with van der Waals surface area (Å²) in [6.45, 7) is 8.51. The molecule has 2 amide bonds. The first kappa shape index (κ1) is 51.1. The molecule has 0 aliphatic rings. The van der Waals surface area contributed by atoms with Crippen molar-refractivity contribution < 1.29 is 38.1 Å². The second-order valence-corrected chi connectivity index (χ2v) is 16.6. The van der Waals surface area contributed by atoms with E-state index in [-0.39, 0.29) is 18.0 Å². The van der Waals surface area contributed by atoms with Gasteiger partial charge in [-0.2, -0.15) is 0 Å². The fourth-order valence-corrected chi connectivity index (χ4v) is 7.05. The summed E-state index contributed by atoms with van der Waals surface area (Å²) >= 11 is 0. The van der Waals surface area contributed by atoms with E-state index in [0.717, 1.165) is 83.6 Å². The number of rotatable bonds is 38. The molecule has 0 saturated heterocycles. The van der Waals surface area contributed by atoms with Crippen molar-refractivity contribution in [1.29, 1.82) is 0 Å². The van der Waals surface area contributed by atoms with Crippen LogP contribution in [0.2, 0.25) is 0 Å². The minimum Gasteiger partial charge on any atom is -0.466 e. The number of carbonyl (C=O) groups excluding carboxylic acids is 4. The van der Waals surface area contributed by atoms with E-state index >= 15 is 0 Å². The third kappa shape index (κ3) is 38.2. The highest BCUT2D eigenvalue weighted by molar-refractivity contribution is 8.76. The van der Waals surface area contributed by atoms with E-state index in [2.05, 4.69) is 19.2 Å². The standard InChI is InChI=1S/C40H77N3O8S2/c1-5-7-9-11-13-19-25-37(44)48-31-23-17-15-21-28-43(29-22-16-18-24-32-49-38(45)26-20-14-12-10-8-6-2)40(47)51-34-36-53-52-35-33-50-39(46)41-27-30-42(3)4/h5-36H2,1-4H3,(H,41,46). The third-order valence-electron chi connectivity index (χ3n) is 8.60. The average Bonchev–Trinajstić information content (AvgIpc) is 3.13. The van der Waals surface area contributed by atoms with E-state index in [0.29, 0.717) is 70.4 Å². The minimum absolute atomic E-state index is 0.0933. The minimum atomic E-state index is -0.407. The predicted molar refractivity (Wildman–Crippen MR) is 221 cm³/mol. The monoisotopic (exact) mass is 792 g/mol. The summed E-state index contributed by atoms with van der Waals surface area (Å²) in [5.41, 5.74) is 0. The van der Waals surface area contributed by atoms with E-state index in [1.807, 2.05) is 23.9 Å². The van der Waals surface area contributed by atoms with Crippen LogP contribution in [0.15, 0.2) is 0 Å². The molecule has 0 rings (SSSR count). The Morgan fingerprint density at radius 3 is 1.42 bits per heavy atom. The van der Waals surface area contributed by atoms with Gasteiger partial charge >= 0.3 is 24.1 Å². The van der Waals surface area contributed by atoms with Gasteiger partial charge in [0.2, 0.25) is 0 Å². The maximum Gasteiger partial charge on any atom is 0.409 e. The summed E-state index contributed by atoms with van der Waals surface area (Å²) in [6.07, 6.45) is 21.3. The highest BCUT2D eigenvalue weighted by Crippen LogP contribution is 2.20. The van der Waals surface area contributed by atoms with Gasteiger partial charge in [0.25, 0.3) is 0 Å². The van der Waals surface area contributed by atoms with Crippen molar-refractivity contribution >= 4 is 45.7 Å². The molecule has 53 heavy (non-hydrogen) atoms. The molecular weight excluding hydrogens is 715 g/mol. The molecule has 0 aromatic carbocycles. The quantitative estimate of drug-likeness (QED) is 0.0278. The molecular formula is C40H77N3O8S2. The van der Waals surface area contributed by atoms with Gasteiger partial charge in [-0.05, 0) is 65.5 Å². The van der Waals surface area contributed by atoms with Crippen LogP contribution in [0, 0.1) is 0 Å². The Morgan fingerprint density at radius 2 is 0.925 bits per heavy atom. The second kappa shape index (κ2) is 39.8. The molecule has 1 N–H and O–H groups in total. The molecule has 0 bridgehead atoms. The first-order chi connectivity index (χ1) is 25.8. The molecule has 0 aromatic heterocycles. The van der Waals surface area contributed by atoms with E-state index in [4.69, 9.17) is 18.9 Å². The van der Waals surface area contributed by atoms with Crippen molar-refractivity contribution in [2.45, 2.75) is 155 Å². The summed E-state index contributed by atoms with van der Waals surface area (Å²) < 4.78 is 21.6. The van der Waals surface area contributed by atoms with Crippen molar-refractivity contribution in [3.8, 4) is 0 Å². The lowest BCUT2D eigenvalue weighted by atomic mass is 10.1. The molecule has 0 heterocycles. The lowest BCUT2D eigenvalue weighted by molar-refractivity contribution is -0.144. The zero-order chi connectivity index (χ0) is 39.0. The molecule has 0 aromatic rings. The Bertz CT molecular complexity index is 843. The number of hydrogen-bond acceptors (Lipinski definition) is 11. The largest absolute Gasteiger partial charge is 0.466 e. The van der Waals surface area contributed by atoms with Gasteiger partial charge in [-0.15, -0.1) is 0 Å². The Balaban J connectivity index is 4.31. The average molecular weight is 792 g/mol. The van der Waals surface area contributed by atoms with Gasteiger partial charge in [0.15, 0.2) is 0 Å². The summed E-state index contributed by atoms with van der Waals surface area (Å²) in [7, 11) is 7.06. The smallest absolute Gasteiger partial charge is 0.409 e. The Hall–Kier alpha value is -1.86. The fraction of sp³-hybridized carbons (Fsp3) is 0.900. The van der Waals surface area contributed by atoms with Crippen molar-refractivity contribution in [3.63, 3.8) is 0 Å². The molecule has 13 heteroatoms. The predicted octanol–water partition coefficient (Wildman–Crippen LogP) is 9.80. The third-order valence-corrected chi connectivity index (χ3v) is 10.9. The van der Waals surface area contributed by atoms with E-state index in [1.54, 1.807) is 21.6 Å². The number of hydrogen-bond donors (Lipinski definition) is 1. The van der Waals surface area contributed by atoms with Crippen molar-refractivity contribution in [3.05, 3.63) is 0 Å². The SMILES string of the molecule is CCCCCCCCC(=O)OCCCCCCN(CCCCCCOC(=O)CCCCCCCC)C(=O)OCCSSCCOC(=O)NCCN(C)C. The molecule has 0 aliphatic heterocycles. The van der Waals surface area contributed by atoms with Crippen LogP contribution in [-0.4, -0.2) is 112 Å². The fourth-order valence-electron chi connectivity index (χ4n) is 5.40. The highest BCUT2D eigenvalue weighted by Gasteiger charge is 2.15. The van der Waals surface area contributed by atoms with E-state index in [1.165, 1.54) is 51.4 Å². The lowest BCUT2D eigenvalue weighted by Gasteiger charge is -2.22. The highest BCUT2D eigenvalue weighted by atomic mass is 33.1. The van der Waals surface area contributed by atoms with Gasteiger partial charge in [0.1, 0.15) is 13.2 Å². The summed E-state index contributed by atoms with van der Waals surface area (Å²) in [4.78, 5) is 52.5.